The van der Waals surface area contributed by atoms with Crippen molar-refractivity contribution in [1.82, 2.24) is 9.38 Å². The Labute approximate surface area is 118 Å². The molecule has 0 unspecified atom stereocenters. The fraction of sp³-hybridized carbons (Fsp3) is 0.188. The van der Waals surface area contributed by atoms with Crippen molar-refractivity contribution in [2.75, 3.05) is 24.7 Å². The van der Waals surface area contributed by atoms with E-state index < -0.39 is 0 Å². The number of hydrogen-bond donors (Lipinski definition) is 1. The molecule has 1 aromatic carbocycles. The number of nitrogens with two attached hydrogens (primary N) is 1. The molecule has 0 fully saturated rings. The van der Waals surface area contributed by atoms with Gasteiger partial charge in [0.25, 0.3) is 0 Å². The first-order chi connectivity index (χ1) is 9.58. The lowest BCUT2D eigenvalue weighted by molar-refractivity contribution is 1.10. The van der Waals surface area contributed by atoms with Crippen molar-refractivity contribution in [2.45, 2.75) is 6.92 Å². The van der Waals surface area contributed by atoms with E-state index in [1.165, 1.54) is 0 Å². The summed E-state index contributed by atoms with van der Waals surface area (Å²) >= 11 is 0. The third-order valence-corrected chi connectivity index (χ3v) is 3.53. The van der Waals surface area contributed by atoms with Gasteiger partial charge in [0.1, 0.15) is 17.2 Å². The number of aryl methyl sites for hydroxylation is 1. The van der Waals surface area contributed by atoms with E-state index in [0.717, 1.165) is 28.3 Å². The highest BCUT2D eigenvalue weighted by Crippen LogP contribution is 2.28. The van der Waals surface area contributed by atoms with Gasteiger partial charge >= 0.3 is 0 Å². The van der Waals surface area contributed by atoms with Crippen LogP contribution in [0.1, 0.15) is 5.69 Å². The Morgan fingerprint density at radius 1 is 1.05 bits per heavy atom. The van der Waals surface area contributed by atoms with Gasteiger partial charge in [-0.3, -0.25) is 4.40 Å². The second kappa shape index (κ2) is 4.56. The normalized spacial score (nSPS) is 10.9. The van der Waals surface area contributed by atoms with Gasteiger partial charge in [0.05, 0.1) is 0 Å². The first-order valence-electron chi connectivity index (χ1n) is 6.59. The standard InChI is InChI=1S/C16H18N4/c1-11-5-4-6-14-18-15(16(17)20(11)14)12-7-9-13(10-8-12)19(2)3/h4-10H,17H2,1-3H3. The van der Waals surface area contributed by atoms with Gasteiger partial charge in [-0.2, -0.15) is 0 Å². The lowest BCUT2D eigenvalue weighted by Gasteiger charge is -2.12. The minimum absolute atomic E-state index is 0.690. The fourth-order valence-corrected chi connectivity index (χ4v) is 2.41. The molecule has 102 valence electrons. The van der Waals surface area contributed by atoms with Crippen LogP contribution in [0.25, 0.3) is 16.9 Å². The van der Waals surface area contributed by atoms with Crippen molar-refractivity contribution >= 4 is 17.2 Å². The molecule has 0 bridgehead atoms. The van der Waals surface area contributed by atoms with E-state index in [4.69, 9.17) is 5.73 Å². The number of nitrogen functional groups attached to an aromatic ring is 1. The second-order valence-electron chi connectivity index (χ2n) is 5.15. The zero-order chi connectivity index (χ0) is 14.3. The van der Waals surface area contributed by atoms with Crippen molar-refractivity contribution in [3.63, 3.8) is 0 Å². The Balaban J connectivity index is 2.15. The van der Waals surface area contributed by atoms with Gasteiger partial charge in [-0.05, 0) is 31.2 Å². The zero-order valence-electron chi connectivity index (χ0n) is 12.0. The first kappa shape index (κ1) is 12.5. The maximum absolute atomic E-state index is 6.26. The SMILES string of the molecule is Cc1cccc2nc(-c3ccc(N(C)C)cc3)c(N)n12. The summed E-state index contributed by atoms with van der Waals surface area (Å²) in [5, 5.41) is 0. The molecule has 0 atom stereocenters. The minimum Gasteiger partial charge on any atom is -0.383 e. The number of hydrogen-bond acceptors (Lipinski definition) is 3. The van der Waals surface area contributed by atoms with E-state index in [0.29, 0.717) is 5.82 Å². The number of pyridine rings is 1. The monoisotopic (exact) mass is 266 g/mol. The summed E-state index contributed by atoms with van der Waals surface area (Å²) in [5.74, 6) is 0.690. The Morgan fingerprint density at radius 2 is 1.75 bits per heavy atom. The second-order valence-corrected chi connectivity index (χ2v) is 5.15. The average Bonchev–Trinajstić information content (AvgIpc) is 2.77. The van der Waals surface area contributed by atoms with Crippen LogP contribution in [0, 0.1) is 6.92 Å². The molecule has 2 N–H and O–H groups in total. The molecule has 2 heterocycles. The van der Waals surface area contributed by atoms with E-state index in [2.05, 4.69) is 34.1 Å². The largest absolute Gasteiger partial charge is 0.383 e. The van der Waals surface area contributed by atoms with Gasteiger partial charge in [0.15, 0.2) is 0 Å². The smallest absolute Gasteiger partial charge is 0.139 e. The molecule has 4 nitrogen and oxygen atoms in total. The third kappa shape index (κ3) is 1.90. The predicted octanol–water partition coefficient (Wildman–Crippen LogP) is 2.96. The third-order valence-electron chi connectivity index (χ3n) is 3.53. The van der Waals surface area contributed by atoms with E-state index in [9.17, 15) is 0 Å². The van der Waals surface area contributed by atoms with Crippen molar-refractivity contribution in [3.05, 3.63) is 48.2 Å². The quantitative estimate of drug-likeness (QED) is 0.775. The minimum atomic E-state index is 0.690. The summed E-state index contributed by atoms with van der Waals surface area (Å²) in [7, 11) is 4.05. The molecule has 0 saturated heterocycles. The molecule has 20 heavy (non-hydrogen) atoms. The maximum Gasteiger partial charge on any atom is 0.139 e. The van der Waals surface area contributed by atoms with Gasteiger partial charge in [-0.1, -0.05) is 18.2 Å². The number of nitrogens with zero attached hydrogens (tertiary/aromatic N) is 3. The molecule has 0 radical (unpaired) electrons. The molecule has 0 spiro atoms. The summed E-state index contributed by atoms with van der Waals surface area (Å²) in [6, 6.07) is 14.3. The summed E-state index contributed by atoms with van der Waals surface area (Å²) in [6.07, 6.45) is 0. The molecule has 4 heteroatoms. The van der Waals surface area contributed by atoms with Crippen LogP contribution in [-0.4, -0.2) is 23.5 Å². The van der Waals surface area contributed by atoms with Crippen molar-refractivity contribution < 1.29 is 0 Å². The van der Waals surface area contributed by atoms with Crippen molar-refractivity contribution in [2.24, 2.45) is 0 Å². The molecule has 0 aliphatic carbocycles. The number of aromatic nitrogens is 2. The molecular formula is C16H18N4. The Bertz CT molecular complexity index is 754. The topological polar surface area (TPSA) is 46.6 Å². The lowest BCUT2D eigenvalue weighted by atomic mass is 10.1. The molecule has 3 rings (SSSR count). The number of anilines is 2. The van der Waals surface area contributed by atoms with Crippen molar-refractivity contribution in [1.29, 1.82) is 0 Å². The summed E-state index contributed by atoms with van der Waals surface area (Å²) in [4.78, 5) is 6.71. The van der Waals surface area contributed by atoms with Gasteiger partial charge in [0, 0.05) is 31.0 Å². The highest BCUT2D eigenvalue weighted by molar-refractivity contribution is 5.76. The summed E-state index contributed by atoms with van der Waals surface area (Å²) in [5.41, 5.74) is 11.3. The fourth-order valence-electron chi connectivity index (χ4n) is 2.41. The molecule has 0 aliphatic heterocycles. The molecule has 3 aromatic rings. The molecule has 0 aliphatic rings. The number of imidazole rings is 1. The summed E-state index contributed by atoms with van der Waals surface area (Å²) in [6.45, 7) is 2.03. The van der Waals surface area contributed by atoms with Gasteiger partial charge in [-0.15, -0.1) is 0 Å². The van der Waals surface area contributed by atoms with E-state index >= 15 is 0 Å². The Kier molecular flexibility index (Phi) is 2.86. The predicted molar refractivity (Wildman–Crippen MR) is 84.1 cm³/mol. The van der Waals surface area contributed by atoms with Crippen molar-refractivity contribution in [3.8, 4) is 11.3 Å². The van der Waals surface area contributed by atoms with E-state index in [-0.39, 0.29) is 0 Å². The van der Waals surface area contributed by atoms with Gasteiger partial charge in [-0.25, -0.2) is 4.98 Å². The van der Waals surface area contributed by atoms with Crippen LogP contribution in [0.15, 0.2) is 42.5 Å². The van der Waals surface area contributed by atoms with Crippen LogP contribution in [0.3, 0.4) is 0 Å². The van der Waals surface area contributed by atoms with Gasteiger partial charge in [0.2, 0.25) is 0 Å². The van der Waals surface area contributed by atoms with Crippen LogP contribution in [0.2, 0.25) is 0 Å². The molecule has 0 saturated carbocycles. The first-order valence-corrected chi connectivity index (χ1v) is 6.59. The zero-order valence-corrected chi connectivity index (χ0v) is 12.0. The average molecular weight is 266 g/mol. The van der Waals surface area contributed by atoms with Crippen LogP contribution in [0.4, 0.5) is 11.5 Å². The van der Waals surface area contributed by atoms with Crippen LogP contribution in [-0.2, 0) is 0 Å². The number of benzene rings is 1. The van der Waals surface area contributed by atoms with E-state index in [1.807, 2.05) is 43.6 Å². The van der Waals surface area contributed by atoms with E-state index in [1.54, 1.807) is 0 Å². The lowest BCUT2D eigenvalue weighted by Crippen LogP contribution is -2.07. The maximum atomic E-state index is 6.26. The molecular weight excluding hydrogens is 248 g/mol. The number of fused-ring (bicyclic) bond motifs is 1. The molecule has 2 aromatic heterocycles. The van der Waals surface area contributed by atoms with Crippen LogP contribution in [0.5, 0.6) is 0 Å². The Morgan fingerprint density at radius 3 is 2.35 bits per heavy atom. The van der Waals surface area contributed by atoms with Crippen LogP contribution >= 0.6 is 0 Å². The number of rotatable bonds is 2. The highest BCUT2D eigenvalue weighted by atomic mass is 15.1. The highest BCUT2D eigenvalue weighted by Gasteiger charge is 2.12. The molecule has 0 amide bonds. The van der Waals surface area contributed by atoms with Gasteiger partial charge < -0.3 is 10.6 Å². The van der Waals surface area contributed by atoms with Crippen LogP contribution < -0.4 is 10.6 Å². The Hall–Kier alpha value is -2.49. The summed E-state index contributed by atoms with van der Waals surface area (Å²) < 4.78 is 1.98.